The van der Waals surface area contributed by atoms with Gasteiger partial charge in [0.05, 0.1) is 9.13 Å². The molecule has 5 heteroatoms. The van der Waals surface area contributed by atoms with Gasteiger partial charge in [-0.25, -0.2) is 0 Å². The standard InChI is InChI=1S/C13H7IO2S2/c14-11-10(5-15)12(8-1-3-17-6-8)16-13(11)9-2-4-18-7-9/h1-7H. The SMILES string of the molecule is O=Cc1c(-c2ccsc2)oc(-c2ccsc2)c1I. The maximum Gasteiger partial charge on any atom is 0.155 e. The molecule has 0 aliphatic heterocycles. The van der Waals surface area contributed by atoms with Crippen molar-refractivity contribution in [2.45, 2.75) is 0 Å². The Balaban J connectivity index is 2.22. The molecule has 0 bridgehead atoms. The van der Waals surface area contributed by atoms with Crippen molar-refractivity contribution in [1.82, 2.24) is 0 Å². The van der Waals surface area contributed by atoms with Crippen LogP contribution in [0.4, 0.5) is 0 Å². The lowest BCUT2D eigenvalue weighted by atomic mass is 10.1. The lowest BCUT2D eigenvalue weighted by Gasteiger charge is -1.92. The molecular formula is C13H7IO2S2. The molecule has 90 valence electrons. The van der Waals surface area contributed by atoms with Crippen molar-refractivity contribution >= 4 is 51.6 Å². The predicted molar refractivity (Wildman–Crippen MR) is 83.4 cm³/mol. The van der Waals surface area contributed by atoms with Gasteiger partial charge in [-0.15, -0.1) is 0 Å². The molecule has 18 heavy (non-hydrogen) atoms. The molecule has 0 N–H and O–H groups in total. The first-order chi connectivity index (χ1) is 8.81. The van der Waals surface area contributed by atoms with E-state index >= 15 is 0 Å². The fourth-order valence-corrected chi connectivity index (χ4v) is 3.78. The average molecular weight is 386 g/mol. The van der Waals surface area contributed by atoms with Crippen LogP contribution in [0.1, 0.15) is 10.4 Å². The van der Waals surface area contributed by atoms with Gasteiger partial charge in [0, 0.05) is 21.9 Å². The van der Waals surface area contributed by atoms with Crippen LogP contribution in [0.15, 0.2) is 38.1 Å². The Bertz CT molecular complexity index is 666. The summed E-state index contributed by atoms with van der Waals surface area (Å²) in [6, 6.07) is 3.96. The number of rotatable bonds is 3. The molecule has 0 aliphatic rings. The summed E-state index contributed by atoms with van der Waals surface area (Å²) in [7, 11) is 0. The van der Waals surface area contributed by atoms with E-state index in [1.54, 1.807) is 22.7 Å². The highest BCUT2D eigenvalue weighted by molar-refractivity contribution is 14.1. The summed E-state index contributed by atoms with van der Waals surface area (Å²) in [5, 5.41) is 7.98. The highest BCUT2D eigenvalue weighted by Gasteiger charge is 2.20. The van der Waals surface area contributed by atoms with Crippen LogP contribution in [0, 0.1) is 3.57 Å². The van der Waals surface area contributed by atoms with Crippen molar-refractivity contribution in [3.8, 4) is 22.6 Å². The van der Waals surface area contributed by atoms with Crippen molar-refractivity contribution < 1.29 is 9.21 Å². The summed E-state index contributed by atoms with van der Waals surface area (Å²) in [5.41, 5.74) is 2.62. The Morgan fingerprint density at radius 3 is 2.17 bits per heavy atom. The number of aldehydes is 1. The molecule has 0 amide bonds. The molecule has 0 saturated carbocycles. The molecule has 0 unspecified atom stereocenters. The molecule has 0 aromatic carbocycles. The molecule has 0 saturated heterocycles. The first-order valence-corrected chi connectivity index (χ1v) is 8.10. The van der Waals surface area contributed by atoms with Crippen LogP contribution < -0.4 is 0 Å². The fourth-order valence-electron chi connectivity index (χ4n) is 1.72. The molecule has 3 rings (SSSR count). The summed E-state index contributed by atoms with van der Waals surface area (Å²) >= 11 is 5.37. The smallest absolute Gasteiger partial charge is 0.155 e. The summed E-state index contributed by atoms with van der Waals surface area (Å²) < 4.78 is 6.78. The molecule has 2 nitrogen and oxygen atoms in total. The molecule has 0 aliphatic carbocycles. The van der Waals surface area contributed by atoms with E-state index in [4.69, 9.17) is 4.42 Å². The largest absolute Gasteiger partial charge is 0.454 e. The zero-order valence-electron chi connectivity index (χ0n) is 9.05. The number of hydrogen-bond donors (Lipinski definition) is 0. The second-order valence-electron chi connectivity index (χ2n) is 3.63. The van der Waals surface area contributed by atoms with Crippen molar-refractivity contribution in [2.75, 3.05) is 0 Å². The molecular weight excluding hydrogens is 379 g/mol. The average Bonchev–Trinajstić information content (AvgIpc) is 3.09. The van der Waals surface area contributed by atoms with Gasteiger partial charge >= 0.3 is 0 Å². The highest BCUT2D eigenvalue weighted by atomic mass is 127. The van der Waals surface area contributed by atoms with Crippen LogP contribution >= 0.6 is 45.3 Å². The number of halogens is 1. The van der Waals surface area contributed by atoms with E-state index in [0.29, 0.717) is 11.3 Å². The number of carbonyl (C=O) groups excluding carboxylic acids is 1. The zero-order valence-corrected chi connectivity index (χ0v) is 12.8. The maximum absolute atomic E-state index is 11.3. The second-order valence-corrected chi connectivity index (χ2v) is 6.27. The van der Waals surface area contributed by atoms with Crippen molar-refractivity contribution in [1.29, 1.82) is 0 Å². The van der Waals surface area contributed by atoms with Gasteiger partial charge in [0.15, 0.2) is 6.29 Å². The molecule has 3 heterocycles. The minimum absolute atomic E-state index is 0.634. The normalized spacial score (nSPS) is 10.7. The number of furan rings is 1. The van der Waals surface area contributed by atoms with Gasteiger partial charge in [-0.2, -0.15) is 22.7 Å². The Labute approximate surface area is 125 Å². The summed E-state index contributed by atoms with van der Waals surface area (Å²) in [4.78, 5) is 11.3. The molecule has 0 spiro atoms. The van der Waals surface area contributed by atoms with Crippen LogP contribution in [0.2, 0.25) is 0 Å². The van der Waals surface area contributed by atoms with E-state index in [-0.39, 0.29) is 0 Å². The Morgan fingerprint density at radius 2 is 1.67 bits per heavy atom. The van der Waals surface area contributed by atoms with E-state index in [9.17, 15) is 4.79 Å². The number of carbonyl (C=O) groups is 1. The second kappa shape index (κ2) is 4.99. The fraction of sp³-hybridized carbons (Fsp3) is 0. The van der Waals surface area contributed by atoms with E-state index < -0.39 is 0 Å². The first-order valence-electron chi connectivity index (χ1n) is 5.14. The van der Waals surface area contributed by atoms with Crippen LogP contribution in [0.5, 0.6) is 0 Å². The Kier molecular flexibility index (Phi) is 3.36. The van der Waals surface area contributed by atoms with E-state index in [1.807, 2.05) is 33.7 Å². The third-order valence-electron chi connectivity index (χ3n) is 2.57. The van der Waals surface area contributed by atoms with Gasteiger partial charge in [-0.05, 0) is 45.5 Å². The summed E-state index contributed by atoms with van der Waals surface area (Å²) in [6.07, 6.45) is 0.869. The topological polar surface area (TPSA) is 30.2 Å². The molecule has 0 fully saturated rings. The Morgan fingerprint density at radius 1 is 1.06 bits per heavy atom. The van der Waals surface area contributed by atoms with Crippen LogP contribution in [0.3, 0.4) is 0 Å². The van der Waals surface area contributed by atoms with E-state index in [2.05, 4.69) is 22.6 Å². The maximum atomic E-state index is 11.3. The predicted octanol–water partition coefficient (Wildman–Crippen LogP) is 5.15. The van der Waals surface area contributed by atoms with Gasteiger partial charge in [0.25, 0.3) is 0 Å². The highest BCUT2D eigenvalue weighted by Crippen LogP contribution is 2.38. The molecule has 0 radical (unpaired) electrons. The third kappa shape index (κ3) is 1.96. The van der Waals surface area contributed by atoms with Gasteiger partial charge in [0.1, 0.15) is 11.5 Å². The third-order valence-corrected chi connectivity index (χ3v) is 5.01. The lowest BCUT2D eigenvalue weighted by molar-refractivity contribution is 0.112. The minimum atomic E-state index is 0.634. The van der Waals surface area contributed by atoms with Gasteiger partial charge in [0.2, 0.25) is 0 Å². The van der Waals surface area contributed by atoms with Gasteiger partial charge < -0.3 is 4.42 Å². The zero-order chi connectivity index (χ0) is 12.5. The van der Waals surface area contributed by atoms with Crippen molar-refractivity contribution in [2.24, 2.45) is 0 Å². The van der Waals surface area contributed by atoms with Gasteiger partial charge in [-0.3, -0.25) is 4.79 Å². The lowest BCUT2D eigenvalue weighted by Crippen LogP contribution is -1.83. The van der Waals surface area contributed by atoms with E-state index in [1.165, 1.54) is 0 Å². The van der Waals surface area contributed by atoms with Crippen molar-refractivity contribution in [3.05, 3.63) is 42.8 Å². The molecule has 0 atom stereocenters. The number of hydrogen-bond acceptors (Lipinski definition) is 4. The molecule has 3 aromatic rings. The van der Waals surface area contributed by atoms with Crippen LogP contribution in [0.25, 0.3) is 22.6 Å². The Hall–Kier alpha value is -0.920. The van der Waals surface area contributed by atoms with E-state index in [0.717, 1.165) is 26.7 Å². The van der Waals surface area contributed by atoms with Crippen LogP contribution in [-0.2, 0) is 0 Å². The summed E-state index contributed by atoms with van der Waals surface area (Å²) in [5.74, 6) is 1.44. The summed E-state index contributed by atoms with van der Waals surface area (Å²) in [6.45, 7) is 0. The minimum Gasteiger partial charge on any atom is -0.454 e. The van der Waals surface area contributed by atoms with Crippen LogP contribution in [-0.4, -0.2) is 6.29 Å². The first kappa shape index (κ1) is 12.1. The van der Waals surface area contributed by atoms with Crippen molar-refractivity contribution in [3.63, 3.8) is 0 Å². The monoisotopic (exact) mass is 386 g/mol. The number of thiophene rings is 2. The quantitative estimate of drug-likeness (QED) is 0.460. The van der Waals surface area contributed by atoms with Gasteiger partial charge in [-0.1, -0.05) is 0 Å². The molecule has 3 aromatic heterocycles.